The number of hydrogen-bond donors (Lipinski definition) is 2. The van der Waals surface area contributed by atoms with Crippen LogP contribution >= 0.6 is 0 Å². The van der Waals surface area contributed by atoms with Crippen LogP contribution in [-0.4, -0.2) is 22.2 Å². The van der Waals surface area contributed by atoms with Gasteiger partial charge in [0.05, 0.1) is 7.11 Å². The largest absolute Gasteiger partial charge is 0.497 e. The number of methoxy groups -OCH3 is 1. The summed E-state index contributed by atoms with van der Waals surface area (Å²) in [6, 6.07) is 7.65. The van der Waals surface area contributed by atoms with Gasteiger partial charge in [-0.25, -0.2) is 4.98 Å². The van der Waals surface area contributed by atoms with Crippen LogP contribution in [0.2, 0.25) is 0 Å². The van der Waals surface area contributed by atoms with E-state index in [4.69, 9.17) is 4.74 Å². The summed E-state index contributed by atoms with van der Waals surface area (Å²) in [5, 5.41) is 9.89. The minimum atomic E-state index is -0.609. The van der Waals surface area contributed by atoms with Crippen LogP contribution in [0, 0.1) is 0 Å². The van der Waals surface area contributed by atoms with Crippen molar-refractivity contribution in [2.24, 2.45) is 0 Å². The Hall–Kier alpha value is -1.81. The van der Waals surface area contributed by atoms with E-state index >= 15 is 0 Å². The molecular weight excluding hydrogens is 204 g/mol. The van der Waals surface area contributed by atoms with Crippen molar-refractivity contribution in [3.63, 3.8) is 0 Å². The lowest BCUT2D eigenvalue weighted by molar-refractivity contribution is 0.169. The Balaban J connectivity index is 2.08. The highest BCUT2D eigenvalue weighted by Gasteiger charge is 2.10. The lowest BCUT2D eigenvalue weighted by atomic mass is 10.1. The lowest BCUT2D eigenvalue weighted by Gasteiger charge is -2.08. The van der Waals surface area contributed by atoms with Gasteiger partial charge in [-0.05, 0) is 17.7 Å². The van der Waals surface area contributed by atoms with Gasteiger partial charge >= 0.3 is 0 Å². The number of nitrogens with zero attached hydrogens (tertiary/aromatic N) is 1. The van der Waals surface area contributed by atoms with Crippen molar-refractivity contribution in [2.45, 2.75) is 12.5 Å². The number of imidazole rings is 1. The lowest BCUT2D eigenvalue weighted by Crippen LogP contribution is -2.03. The van der Waals surface area contributed by atoms with E-state index in [-0.39, 0.29) is 0 Å². The highest BCUT2D eigenvalue weighted by Crippen LogP contribution is 2.18. The van der Waals surface area contributed by atoms with E-state index in [1.54, 1.807) is 19.5 Å². The average Bonchev–Trinajstić information content (AvgIpc) is 2.83. The van der Waals surface area contributed by atoms with Crippen molar-refractivity contribution in [3.8, 4) is 5.75 Å². The topological polar surface area (TPSA) is 58.1 Å². The van der Waals surface area contributed by atoms with Gasteiger partial charge in [0.15, 0.2) is 0 Å². The highest BCUT2D eigenvalue weighted by atomic mass is 16.5. The monoisotopic (exact) mass is 218 g/mol. The summed E-state index contributed by atoms with van der Waals surface area (Å²) in [7, 11) is 1.63. The molecule has 4 nitrogen and oxygen atoms in total. The molecule has 0 aliphatic heterocycles. The number of ether oxygens (including phenoxy) is 1. The first-order chi connectivity index (χ1) is 7.79. The van der Waals surface area contributed by atoms with E-state index in [9.17, 15) is 5.11 Å². The third kappa shape index (κ3) is 2.41. The van der Waals surface area contributed by atoms with Crippen LogP contribution in [0.3, 0.4) is 0 Å². The van der Waals surface area contributed by atoms with Crippen molar-refractivity contribution >= 4 is 0 Å². The first-order valence-corrected chi connectivity index (χ1v) is 5.10. The molecule has 1 aromatic heterocycles. The van der Waals surface area contributed by atoms with E-state index in [2.05, 4.69) is 9.97 Å². The second-order valence-corrected chi connectivity index (χ2v) is 3.55. The van der Waals surface area contributed by atoms with Crippen molar-refractivity contribution in [2.75, 3.05) is 7.11 Å². The number of aliphatic hydroxyl groups is 1. The number of aromatic amines is 1. The zero-order valence-corrected chi connectivity index (χ0v) is 9.05. The summed E-state index contributed by atoms with van der Waals surface area (Å²) < 4.78 is 5.12. The third-order valence-corrected chi connectivity index (χ3v) is 2.40. The maximum atomic E-state index is 9.89. The fourth-order valence-electron chi connectivity index (χ4n) is 1.58. The zero-order valence-electron chi connectivity index (χ0n) is 9.05. The van der Waals surface area contributed by atoms with Crippen LogP contribution in [0.1, 0.15) is 17.5 Å². The van der Waals surface area contributed by atoms with Crippen molar-refractivity contribution in [1.29, 1.82) is 0 Å². The minimum absolute atomic E-state index is 0.519. The van der Waals surface area contributed by atoms with Crippen molar-refractivity contribution < 1.29 is 9.84 Å². The van der Waals surface area contributed by atoms with Crippen LogP contribution in [0.4, 0.5) is 0 Å². The molecule has 2 aromatic rings. The quantitative estimate of drug-likeness (QED) is 0.821. The first kappa shape index (κ1) is 10.7. The van der Waals surface area contributed by atoms with E-state index < -0.39 is 6.10 Å². The van der Waals surface area contributed by atoms with Crippen LogP contribution in [-0.2, 0) is 6.42 Å². The molecular formula is C12H14N2O2. The van der Waals surface area contributed by atoms with Crippen LogP contribution < -0.4 is 4.74 Å². The second-order valence-electron chi connectivity index (χ2n) is 3.55. The van der Waals surface area contributed by atoms with Gasteiger partial charge in [0.25, 0.3) is 0 Å². The van der Waals surface area contributed by atoms with E-state index in [0.29, 0.717) is 12.2 Å². The number of aromatic nitrogens is 2. The fraction of sp³-hybridized carbons (Fsp3) is 0.250. The first-order valence-electron chi connectivity index (χ1n) is 5.10. The van der Waals surface area contributed by atoms with Crippen LogP contribution in [0.15, 0.2) is 36.7 Å². The molecule has 0 radical (unpaired) electrons. The third-order valence-electron chi connectivity index (χ3n) is 2.40. The molecule has 1 unspecified atom stereocenters. The molecule has 0 bridgehead atoms. The molecule has 84 valence electrons. The molecule has 0 aliphatic rings. The molecule has 1 aromatic carbocycles. The van der Waals surface area contributed by atoms with E-state index in [1.165, 1.54) is 0 Å². The minimum Gasteiger partial charge on any atom is -0.497 e. The van der Waals surface area contributed by atoms with Gasteiger partial charge in [-0.1, -0.05) is 12.1 Å². The Morgan fingerprint density at radius 2 is 2.38 bits per heavy atom. The smallest absolute Gasteiger partial charge is 0.135 e. The Bertz CT molecular complexity index is 440. The van der Waals surface area contributed by atoms with E-state index in [0.717, 1.165) is 11.3 Å². The SMILES string of the molecule is COc1cccc(CC(O)c2ncc[nH]2)c1. The molecule has 1 heterocycles. The summed E-state index contributed by atoms with van der Waals surface area (Å²) in [4.78, 5) is 6.91. The predicted octanol–water partition coefficient (Wildman–Crippen LogP) is 1.69. The highest BCUT2D eigenvalue weighted by molar-refractivity contribution is 5.29. The number of benzene rings is 1. The predicted molar refractivity (Wildman–Crippen MR) is 60.2 cm³/mol. The molecule has 2 N–H and O–H groups in total. The standard InChI is InChI=1S/C12H14N2O2/c1-16-10-4-2-3-9(7-10)8-11(15)12-13-5-6-14-12/h2-7,11,15H,8H2,1H3,(H,13,14). The summed E-state index contributed by atoms with van der Waals surface area (Å²) in [5.41, 5.74) is 1.02. The molecule has 0 saturated heterocycles. The summed E-state index contributed by atoms with van der Waals surface area (Å²) >= 11 is 0. The average molecular weight is 218 g/mol. The molecule has 0 fully saturated rings. The van der Waals surface area contributed by atoms with E-state index in [1.807, 2.05) is 24.3 Å². The van der Waals surface area contributed by atoms with Gasteiger partial charge in [-0.2, -0.15) is 0 Å². The number of H-pyrrole nitrogens is 1. The maximum absolute atomic E-state index is 9.89. The van der Waals surface area contributed by atoms with Gasteiger partial charge in [-0.3, -0.25) is 0 Å². The molecule has 0 amide bonds. The fourth-order valence-corrected chi connectivity index (χ4v) is 1.58. The number of aliphatic hydroxyl groups excluding tert-OH is 1. The van der Waals surface area contributed by atoms with Crippen LogP contribution in [0.25, 0.3) is 0 Å². The molecule has 0 spiro atoms. The molecule has 2 rings (SSSR count). The number of rotatable bonds is 4. The normalized spacial score (nSPS) is 12.4. The van der Waals surface area contributed by atoms with Gasteiger partial charge in [0.2, 0.25) is 0 Å². The number of nitrogens with one attached hydrogen (secondary N) is 1. The van der Waals surface area contributed by atoms with Gasteiger partial charge in [0, 0.05) is 18.8 Å². The van der Waals surface area contributed by atoms with Gasteiger partial charge < -0.3 is 14.8 Å². The Morgan fingerprint density at radius 3 is 3.06 bits per heavy atom. The molecule has 0 aliphatic carbocycles. The summed E-state index contributed by atoms with van der Waals surface area (Å²) in [6.45, 7) is 0. The molecule has 4 heteroatoms. The number of hydrogen-bond acceptors (Lipinski definition) is 3. The van der Waals surface area contributed by atoms with Crippen molar-refractivity contribution in [1.82, 2.24) is 9.97 Å². The summed E-state index contributed by atoms with van der Waals surface area (Å²) in [6.07, 6.45) is 3.24. The Labute approximate surface area is 93.9 Å². The van der Waals surface area contributed by atoms with Crippen LogP contribution in [0.5, 0.6) is 5.75 Å². The molecule has 16 heavy (non-hydrogen) atoms. The molecule has 0 saturated carbocycles. The second kappa shape index (κ2) is 4.81. The Kier molecular flexibility index (Phi) is 3.22. The van der Waals surface area contributed by atoms with Gasteiger partial charge in [0.1, 0.15) is 17.7 Å². The van der Waals surface area contributed by atoms with Gasteiger partial charge in [-0.15, -0.1) is 0 Å². The van der Waals surface area contributed by atoms with Crippen molar-refractivity contribution in [3.05, 3.63) is 48.0 Å². The zero-order chi connectivity index (χ0) is 11.4. The maximum Gasteiger partial charge on any atom is 0.135 e. The Morgan fingerprint density at radius 1 is 1.50 bits per heavy atom. The molecule has 1 atom stereocenters. The summed E-state index contributed by atoms with van der Waals surface area (Å²) in [5.74, 6) is 1.38.